The highest BCUT2D eigenvalue weighted by atomic mass is 19.4. The third-order valence-corrected chi connectivity index (χ3v) is 5.90. The van der Waals surface area contributed by atoms with Gasteiger partial charge in [-0.15, -0.1) is 13.2 Å². The predicted octanol–water partition coefficient (Wildman–Crippen LogP) is 4.35. The van der Waals surface area contributed by atoms with Gasteiger partial charge in [-0.1, -0.05) is 24.6 Å². The van der Waals surface area contributed by atoms with E-state index in [1.807, 2.05) is 10.6 Å². The number of fused-ring (bicyclic) bond motifs is 3. The van der Waals surface area contributed by atoms with Crippen molar-refractivity contribution >= 4 is 22.8 Å². The Hall–Kier alpha value is -3.69. The lowest BCUT2D eigenvalue weighted by atomic mass is 9.92. The summed E-state index contributed by atoms with van der Waals surface area (Å²) >= 11 is 0. The first-order valence-corrected chi connectivity index (χ1v) is 10.8. The first kappa shape index (κ1) is 23.5. The minimum Gasteiger partial charge on any atom is -0.481 e. The summed E-state index contributed by atoms with van der Waals surface area (Å²) in [6.45, 7) is -0.215. The van der Waals surface area contributed by atoms with Gasteiger partial charge < -0.3 is 24.9 Å². The number of carboxylic acids is 1. The largest absolute Gasteiger partial charge is 0.573 e. The van der Waals surface area contributed by atoms with E-state index in [9.17, 15) is 22.8 Å². The van der Waals surface area contributed by atoms with E-state index in [0.717, 1.165) is 35.2 Å². The van der Waals surface area contributed by atoms with Gasteiger partial charge in [0, 0.05) is 17.6 Å². The molecule has 1 heterocycles. The van der Waals surface area contributed by atoms with Crippen LogP contribution in [0.4, 0.5) is 13.2 Å². The molecule has 3 aromatic rings. The number of nitrogens with zero attached hydrogens (tertiary/aromatic N) is 1. The summed E-state index contributed by atoms with van der Waals surface area (Å²) < 4.78 is 49.0. The van der Waals surface area contributed by atoms with Crippen LogP contribution in [0.25, 0.3) is 10.9 Å². The molecule has 0 radical (unpaired) electrons. The average molecular weight is 476 g/mol. The Kier molecular flexibility index (Phi) is 6.41. The normalized spacial score (nSPS) is 16.0. The molecule has 1 aromatic heterocycles. The first-order valence-electron chi connectivity index (χ1n) is 10.8. The van der Waals surface area contributed by atoms with Crippen molar-refractivity contribution in [1.29, 1.82) is 0 Å². The molecule has 3 N–H and O–H groups in total. The quantitative estimate of drug-likeness (QED) is 0.494. The van der Waals surface area contributed by atoms with Gasteiger partial charge in [-0.3, -0.25) is 4.79 Å². The van der Waals surface area contributed by atoms with Crippen LogP contribution in [0.3, 0.4) is 0 Å². The molecule has 4 rings (SSSR count). The Labute approximate surface area is 192 Å². The van der Waals surface area contributed by atoms with Crippen LogP contribution in [0.5, 0.6) is 11.5 Å². The fourth-order valence-electron chi connectivity index (χ4n) is 4.58. The Morgan fingerprint density at radius 3 is 2.50 bits per heavy atom. The third-order valence-electron chi connectivity index (χ3n) is 5.90. The average Bonchev–Trinajstić information content (AvgIpc) is 2.91. The Morgan fingerprint density at radius 2 is 1.85 bits per heavy atom. The van der Waals surface area contributed by atoms with Crippen molar-refractivity contribution in [3.8, 4) is 11.5 Å². The molecule has 0 saturated carbocycles. The summed E-state index contributed by atoms with van der Waals surface area (Å²) in [5.74, 6) is -2.13. The zero-order valence-electron chi connectivity index (χ0n) is 18.1. The van der Waals surface area contributed by atoms with Crippen molar-refractivity contribution in [2.75, 3.05) is 6.61 Å². The predicted molar refractivity (Wildman–Crippen MR) is 117 cm³/mol. The number of hydrogen-bond donors (Lipinski definition) is 2. The molecule has 0 aliphatic heterocycles. The number of hydrogen-bond acceptors (Lipinski definition) is 4. The fourth-order valence-corrected chi connectivity index (χ4v) is 4.58. The minimum absolute atomic E-state index is 0.314. The van der Waals surface area contributed by atoms with Crippen LogP contribution in [0, 0.1) is 0 Å². The lowest BCUT2D eigenvalue weighted by molar-refractivity contribution is -0.274. The lowest BCUT2D eigenvalue weighted by Gasteiger charge is -2.14. The number of nitrogens with two attached hydrogens (primary N) is 1. The number of amides is 1. The molecule has 1 unspecified atom stereocenters. The van der Waals surface area contributed by atoms with Gasteiger partial charge in [0.1, 0.15) is 11.5 Å². The molecule has 1 atom stereocenters. The van der Waals surface area contributed by atoms with Gasteiger partial charge in [0.2, 0.25) is 5.91 Å². The molecule has 0 saturated heterocycles. The van der Waals surface area contributed by atoms with E-state index in [0.29, 0.717) is 30.5 Å². The van der Waals surface area contributed by atoms with Crippen LogP contribution in [0.1, 0.15) is 42.0 Å². The highest BCUT2D eigenvalue weighted by molar-refractivity contribution is 5.97. The van der Waals surface area contributed by atoms with Crippen LogP contribution in [-0.4, -0.2) is 34.5 Å². The van der Waals surface area contributed by atoms with Crippen LogP contribution in [-0.2, 0) is 22.6 Å². The number of rotatable bonds is 7. The highest BCUT2D eigenvalue weighted by Crippen LogP contribution is 2.42. The van der Waals surface area contributed by atoms with Crippen LogP contribution in [0.2, 0.25) is 0 Å². The molecule has 34 heavy (non-hydrogen) atoms. The molecule has 0 bridgehead atoms. The van der Waals surface area contributed by atoms with E-state index in [2.05, 4.69) is 4.74 Å². The van der Waals surface area contributed by atoms with Gasteiger partial charge in [0.25, 0.3) is 0 Å². The third kappa shape index (κ3) is 4.95. The summed E-state index contributed by atoms with van der Waals surface area (Å²) in [5.41, 5.74) is 8.84. The maximum absolute atomic E-state index is 12.5. The monoisotopic (exact) mass is 476 g/mol. The van der Waals surface area contributed by atoms with Crippen LogP contribution >= 0.6 is 0 Å². The molecule has 10 heteroatoms. The van der Waals surface area contributed by atoms with E-state index in [1.165, 1.54) is 12.1 Å². The van der Waals surface area contributed by atoms with E-state index in [1.54, 1.807) is 24.3 Å². The topological polar surface area (TPSA) is 104 Å². The van der Waals surface area contributed by atoms with Crippen LogP contribution < -0.4 is 15.2 Å². The van der Waals surface area contributed by atoms with Crippen molar-refractivity contribution in [3.05, 3.63) is 59.3 Å². The fraction of sp³-hybridized carbons (Fsp3) is 0.333. The second-order valence-corrected chi connectivity index (χ2v) is 8.17. The van der Waals surface area contributed by atoms with E-state index < -0.39 is 30.8 Å². The zero-order valence-corrected chi connectivity index (χ0v) is 18.1. The van der Waals surface area contributed by atoms with Crippen molar-refractivity contribution in [1.82, 2.24) is 4.57 Å². The minimum atomic E-state index is -4.77. The second kappa shape index (κ2) is 9.28. The van der Waals surface area contributed by atoms with Gasteiger partial charge in [-0.05, 0) is 54.7 Å². The molecule has 0 fully saturated rings. The molecule has 1 aliphatic carbocycles. The summed E-state index contributed by atoms with van der Waals surface area (Å²) in [5, 5.41) is 9.72. The Bertz CT molecular complexity index is 1220. The molecule has 2 aromatic carbocycles. The standard InChI is InChI=1S/C24H23F3N2O5/c25-24(26,27)34-15-10-8-14(9-11-15)12-29-17-5-2-1-4-16(23(28)32)21(17)22-18(29)6-3-7-19(22)33-13-20(30)31/h3,6-11,16H,1-2,4-5,12-13H2,(H2,28,32)(H,30,31). The number of carbonyl (C=O) groups is 2. The van der Waals surface area contributed by atoms with Crippen molar-refractivity contribution in [3.63, 3.8) is 0 Å². The van der Waals surface area contributed by atoms with Gasteiger partial charge in [0.15, 0.2) is 6.61 Å². The first-order chi connectivity index (χ1) is 16.1. The molecule has 1 amide bonds. The van der Waals surface area contributed by atoms with E-state index >= 15 is 0 Å². The summed E-state index contributed by atoms with van der Waals surface area (Å²) in [4.78, 5) is 23.5. The number of ether oxygens (including phenoxy) is 2. The molecular formula is C24H23F3N2O5. The van der Waals surface area contributed by atoms with E-state index in [4.69, 9.17) is 15.6 Å². The lowest BCUT2D eigenvalue weighted by Crippen LogP contribution is -2.21. The van der Waals surface area contributed by atoms with Gasteiger partial charge in [-0.25, -0.2) is 4.79 Å². The van der Waals surface area contributed by atoms with Gasteiger partial charge in [-0.2, -0.15) is 0 Å². The smallest absolute Gasteiger partial charge is 0.481 e. The number of carbonyl (C=O) groups excluding carboxylic acids is 1. The molecule has 1 aliphatic rings. The second-order valence-electron chi connectivity index (χ2n) is 8.17. The molecule has 0 spiro atoms. The summed E-state index contributed by atoms with van der Waals surface area (Å²) in [6, 6.07) is 10.8. The number of aliphatic carboxylic acids is 1. The molecular weight excluding hydrogens is 453 g/mol. The van der Waals surface area contributed by atoms with Crippen molar-refractivity contribution < 1.29 is 37.3 Å². The molecule has 7 nitrogen and oxygen atoms in total. The number of halogens is 3. The maximum Gasteiger partial charge on any atom is 0.573 e. The van der Waals surface area contributed by atoms with E-state index in [-0.39, 0.29) is 5.75 Å². The SMILES string of the molecule is NC(=O)C1CCCCc2c1c1c(OCC(=O)O)cccc1n2Cc1ccc(OC(F)(F)F)cc1. The van der Waals surface area contributed by atoms with Gasteiger partial charge >= 0.3 is 12.3 Å². The number of alkyl halides is 3. The number of aromatic nitrogens is 1. The van der Waals surface area contributed by atoms with Gasteiger partial charge in [0.05, 0.1) is 11.4 Å². The number of primary amides is 1. The summed E-state index contributed by atoms with van der Waals surface area (Å²) in [6.07, 6.45) is -1.91. The number of carboxylic acid groups (broad SMARTS) is 1. The van der Waals surface area contributed by atoms with Crippen LogP contribution in [0.15, 0.2) is 42.5 Å². The van der Waals surface area contributed by atoms with Crippen molar-refractivity contribution in [2.24, 2.45) is 5.73 Å². The maximum atomic E-state index is 12.5. The van der Waals surface area contributed by atoms with Crippen molar-refractivity contribution in [2.45, 2.75) is 44.5 Å². The highest BCUT2D eigenvalue weighted by Gasteiger charge is 2.32. The molecule has 180 valence electrons. The zero-order chi connectivity index (χ0) is 24.5. The Morgan fingerprint density at radius 1 is 1.12 bits per heavy atom. The summed E-state index contributed by atoms with van der Waals surface area (Å²) in [7, 11) is 0. The Balaban J connectivity index is 1.82. The number of benzene rings is 2.